The normalized spacial score (nSPS) is 13.6. The van der Waals surface area contributed by atoms with Gasteiger partial charge in [-0.2, -0.15) is 8.78 Å². The predicted octanol–water partition coefficient (Wildman–Crippen LogP) is 2.49. The van der Waals surface area contributed by atoms with Crippen LogP contribution in [0.1, 0.15) is 18.5 Å². The third-order valence-electron chi connectivity index (χ3n) is 2.53. The Hall–Kier alpha value is -2.10. The van der Waals surface area contributed by atoms with E-state index in [1.54, 1.807) is 0 Å². The summed E-state index contributed by atoms with van der Waals surface area (Å²) in [6, 6.07) is 0.0538. The lowest BCUT2D eigenvalue weighted by atomic mass is 10.00. The predicted molar refractivity (Wildman–Crippen MR) is 63.3 cm³/mol. The fraction of sp³-hybridized carbons (Fsp3) is 0.417. The zero-order valence-corrected chi connectivity index (χ0v) is 11.2. The van der Waals surface area contributed by atoms with Gasteiger partial charge in [0.15, 0.2) is 11.5 Å². The average Bonchev–Trinajstić information content (AvgIpc) is 2.39. The minimum absolute atomic E-state index is 0.343. The highest BCUT2D eigenvalue weighted by molar-refractivity contribution is 5.79. The molecule has 1 aromatic rings. The molecule has 0 saturated heterocycles. The van der Waals surface area contributed by atoms with Crippen LogP contribution in [0.5, 0.6) is 11.5 Å². The van der Waals surface area contributed by atoms with Crippen molar-refractivity contribution in [1.82, 2.24) is 0 Å². The lowest BCUT2D eigenvalue weighted by molar-refractivity contribution is -0.275. The molecule has 0 spiro atoms. The molecule has 0 aliphatic heterocycles. The van der Waals surface area contributed by atoms with Gasteiger partial charge in [0.2, 0.25) is 0 Å². The molecule has 0 amide bonds. The maximum atomic E-state index is 13.8. The van der Waals surface area contributed by atoms with Crippen molar-refractivity contribution in [3.63, 3.8) is 0 Å². The Balaban J connectivity index is 3.16. The van der Waals surface area contributed by atoms with Gasteiger partial charge in [0.05, 0.1) is 6.61 Å². The lowest BCUT2D eigenvalue weighted by Crippen LogP contribution is -2.41. The Morgan fingerprint density at radius 1 is 1.32 bits per heavy atom. The van der Waals surface area contributed by atoms with Gasteiger partial charge in [0.25, 0.3) is 0 Å². The van der Waals surface area contributed by atoms with Gasteiger partial charge in [0.1, 0.15) is 6.04 Å². The van der Waals surface area contributed by atoms with Crippen LogP contribution in [0.15, 0.2) is 18.2 Å². The van der Waals surface area contributed by atoms with Crippen molar-refractivity contribution in [2.24, 2.45) is 5.73 Å². The number of carbonyl (C=O) groups is 1. The Morgan fingerprint density at radius 2 is 1.91 bits per heavy atom. The van der Waals surface area contributed by atoms with Crippen molar-refractivity contribution in [2.45, 2.75) is 25.3 Å². The highest BCUT2D eigenvalue weighted by Crippen LogP contribution is 2.40. The van der Waals surface area contributed by atoms with Crippen LogP contribution in [0.3, 0.4) is 0 Å². The van der Waals surface area contributed by atoms with Crippen LogP contribution in [0.2, 0.25) is 0 Å². The Bertz CT molecular complexity index is 547. The van der Waals surface area contributed by atoms with Gasteiger partial charge in [-0.15, -0.1) is 13.2 Å². The number of aromatic hydroxyl groups is 1. The molecule has 0 unspecified atom stereocenters. The molecule has 0 bridgehead atoms. The van der Waals surface area contributed by atoms with E-state index in [9.17, 15) is 31.9 Å². The van der Waals surface area contributed by atoms with Gasteiger partial charge < -0.3 is 20.3 Å². The standard InChI is InChI=1S/C12H12F5NO4/c1-2-21-10(20)11(13,14)9(18)6-4-3-5-7(8(6)19)22-12(15,16)17/h3-5,9,19H,2,18H2,1H3/t9-/m0/s1. The van der Waals surface area contributed by atoms with Crippen molar-refractivity contribution in [3.05, 3.63) is 23.8 Å². The lowest BCUT2D eigenvalue weighted by Gasteiger charge is -2.23. The second-order valence-electron chi connectivity index (χ2n) is 4.06. The quantitative estimate of drug-likeness (QED) is 0.641. The maximum Gasteiger partial charge on any atom is 0.573 e. The summed E-state index contributed by atoms with van der Waals surface area (Å²) in [5.41, 5.74) is 4.40. The highest BCUT2D eigenvalue weighted by Gasteiger charge is 2.49. The number of alkyl halides is 5. The molecule has 1 rings (SSSR count). The van der Waals surface area contributed by atoms with E-state index in [-0.39, 0.29) is 6.61 Å². The van der Waals surface area contributed by atoms with E-state index in [1.165, 1.54) is 6.92 Å². The molecule has 124 valence electrons. The van der Waals surface area contributed by atoms with E-state index in [0.29, 0.717) is 6.07 Å². The number of ether oxygens (including phenoxy) is 2. The number of halogens is 5. The van der Waals surface area contributed by atoms with Crippen molar-refractivity contribution in [1.29, 1.82) is 0 Å². The summed E-state index contributed by atoms with van der Waals surface area (Å²) in [7, 11) is 0. The number of rotatable bonds is 5. The van der Waals surface area contributed by atoms with Crippen LogP contribution in [0, 0.1) is 0 Å². The number of esters is 1. The van der Waals surface area contributed by atoms with E-state index in [2.05, 4.69) is 9.47 Å². The number of carbonyl (C=O) groups excluding carboxylic acids is 1. The third kappa shape index (κ3) is 3.97. The number of phenolic OH excluding ortho intramolecular Hbond substituents is 1. The number of benzene rings is 1. The number of para-hydroxylation sites is 1. The second kappa shape index (κ2) is 6.34. The molecule has 0 aliphatic carbocycles. The molecular formula is C12H12F5NO4. The van der Waals surface area contributed by atoms with E-state index in [4.69, 9.17) is 5.73 Å². The van der Waals surface area contributed by atoms with E-state index in [0.717, 1.165) is 12.1 Å². The van der Waals surface area contributed by atoms with Gasteiger partial charge in [-0.3, -0.25) is 0 Å². The fourth-order valence-electron chi connectivity index (χ4n) is 1.55. The van der Waals surface area contributed by atoms with Gasteiger partial charge in [-0.1, -0.05) is 12.1 Å². The van der Waals surface area contributed by atoms with Crippen molar-refractivity contribution < 1.29 is 41.3 Å². The van der Waals surface area contributed by atoms with E-state index in [1.807, 2.05) is 0 Å². The summed E-state index contributed by atoms with van der Waals surface area (Å²) in [5.74, 6) is -8.55. The molecular weight excluding hydrogens is 317 g/mol. The molecule has 0 aromatic heterocycles. The molecule has 22 heavy (non-hydrogen) atoms. The van der Waals surface area contributed by atoms with Crippen molar-refractivity contribution >= 4 is 5.97 Å². The minimum Gasteiger partial charge on any atom is -0.504 e. The summed E-state index contributed by atoms with van der Waals surface area (Å²) in [6.07, 6.45) is -5.14. The van der Waals surface area contributed by atoms with Gasteiger partial charge in [0, 0.05) is 5.56 Å². The molecule has 0 fully saturated rings. The smallest absolute Gasteiger partial charge is 0.504 e. The fourth-order valence-corrected chi connectivity index (χ4v) is 1.55. The maximum absolute atomic E-state index is 13.8. The van der Waals surface area contributed by atoms with Crippen LogP contribution in [-0.2, 0) is 9.53 Å². The monoisotopic (exact) mass is 329 g/mol. The number of nitrogens with two attached hydrogens (primary N) is 1. The van der Waals surface area contributed by atoms with Crippen LogP contribution in [-0.4, -0.2) is 30.0 Å². The minimum atomic E-state index is -5.14. The SMILES string of the molecule is CCOC(=O)C(F)(F)[C@@H](N)c1cccc(OC(F)(F)F)c1O. The summed E-state index contributed by atoms with van der Waals surface area (Å²) in [6.45, 7) is 0.944. The molecule has 1 aromatic carbocycles. The van der Waals surface area contributed by atoms with Gasteiger partial charge in [-0.25, -0.2) is 4.79 Å². The van der Waals surface area contributed by atoms with E-state index < -0.39 is 41.4 Å². The molecule has 3 N–H and O–H groups in total. The van der Waals surface area contributed by atoms with Crippen molar-refractivity contribution in [2.75, 3.05) is 6.61 Å². The molecule has 5 nitrogen and oxygen atoms in total. The summed E-state index contributed by atoms with van der Waals surface area (Å²) < 4.78 is 71.5. The molecule has 10 heteroatoms. The molecule has 0 radical (unpaired) electrons. The zero-order valence-electron chi connectivity index (χ0n) is 11.2. The highest BCUT2D eigenvalue weighted by atomic mass is 19.4. The summed E-state index contributed by atoms with van der Waals surface area (Å²) in [5, 5.41) is 9.61. The third-order valence-corrected chi connectivity index (χ3v) is 2.53. The second-order valence-corrected chi connectivity index (χ2v) is 4.06. The molecule has 1 atom stereocenters. The van der Waals surface area contributed by atoms with Crippen LogP contribution in [0.25, 0.3) is 0 Å². The number of hydrogen-bond donors (Lipinski definition) is 2. The first kappa shape index (κ1) is 18.0. The first-order valence-corrected chi connectivity index (χ1v) is 5.89. The van der Waals surface area contributed by atoms with E-state index >= 15 is 0 Å². The zero-order chi connectivity index (χ0) is 17.1. The largest absolute Gasteiger partial charge is 0.573 e. The first-order valence-electron chi connectivity index (χ1n) is 5.89. The van der Waals surface area contributed by atoms with Gasteiger partial charge >= 0.3 is 18.3 Å². The molecule has 0 saturated carbocycles. The Kier molecular flexibility index (Phi) is 5.17. The summed E-state index contributed by atoms with van der Waals surface area (Å²) >= 11 is 0. The Labute approximate surface area is 121 Å². The molecule has 0 aliphatic rings. The van der Waals surface area contributed by atoms with Crippen molar-refractivity contribution in [3.8, 4) is 11.5 Å². The summed E-state index contributed by atoms with van der Waals surface area (Å²) in [4.78, 5) is 11.2. The van der Waals surface area contributed by atoms with Crippen LogP contribution < -0.4 is 10.5 Å². The average molecular weight is 329 g/mol. The topological polar surface area (TPSA) is 81.8 Å². The van der Waals surface area contributed by atoms with Crippen LogP contribution in [0.4, 0.5) is 22.0 Å². The number of hydrogen-bond acceptors (Lipinski definition) is 5. The van der Waals surface area contributed by atoms with Crippen LogP contribution >= 0.6 is 0 Å². The Morgan fingerprint density at radius 3 is 2.41 bits per heavy atom. The number of phenols is 1. The first-order chi connectivity index (χ1) is 10.0. The van der Waals surface area contributed by atoms with Gasteiger partial charge in [-0.05, 0) is 13.0 Å². The molecule has 0 heterocycles.